The van der Waals surface area contributed by atoms with Crippen LogP contribution in [0.2, 0.25) is 0 Å². The smallest absolute Gasteiger partial charge is 0.0131 e. The highest BCUT2D eigenvalue weighted by Gasteiger charge is 2.25. The quantitative estimate of drug-likeness (QED) is 0.251. The Kier molecular flexibility index (Phi) is 14.4. The summed E-state index contributed by atoms with van der Waals surface area (Å²) >= 11 is 0. The number of hydrogen-bond donors (Lipinski definition) is 1. The van der Waals surface area contributed by atoms with Crippen LogP contribution in [0.3, 0.4) is 0 Å². The van der Waals surface area contributed by atoms with Crippen molar-refractivity contribution >= 4 is 0 Å². The summed E-state index contributed by atoms with van der Waals surface area (Å²) in [5, 5.41) is 0. The van der Waals surface area contributed by atoms with Gasteiger partial charge in [-0.1, -0.05) is 141 Å². The van der Waals surface area contributed by atoms with E-state index in [0.717, 1.165) is 6.42 Å². The van der Waals surface area contributed by atoms with Gasteiger partial charge in [0.1, 0.15) is 0 Å². The lowest BCUT2D eigenvalue weighted by atomic mass is 9.77. The highest BCUT2D eigenvalue weighted by Crippen LogP contribution is 2.29. The van der Waals surface area contributed by atoms with Crippen LogP contribution in [0.1, 0.15) is 123 Å². The maximum Gasteiger partial charge on any atom is 0.0131 e. The highest BCUT2D eigenvalue weighted by molar-refractivity contribution is 5.16. The Morgan fingerprint density at radius 2 is 1.11 bits per heavy atom. The Labute approximate surface area is 176 Å². The van der Waals surface area contributed by atoms with Crippen LogP contribution in [0.15, 0.2) is 30.3 Å². The van der Waals surface area contributed by atoms with Gasteiger partial charge in [-0.2, -0.15) is 0 Å². The minimum Gasteiger partial charge on any atom is -0.327 e. The molecule has 0 aromatic heterocycles. The minimum atomic E-state index is 0.229. The molecular weight excluding hydrogens is 338 g/mol. The fraction of sp³-hybridized carbons (Fsp3) is 0.778. The van der Waals surface area contributed by atoms with E-state index >= 15 is 0 Å². The molecule has 0 radical (unpaired) electrons. The first-order chi connectivity index (χ1) is 13.6. The first-order valence-corrected chi connectivity index (χ1v) is 12.4. The molecule has 162 valence electrons. The molecule has 0 bridgehead atoms. The van der Waals surface area contributed by atoms with Crippen molar-refractivity contribution in [1.29, 1.82) is 0 Å². The summed E-state index contributed by atoms with van der Waals surface area (Å²) < 4.78 is 0. The van der Waals surface area contributed by atoms with Crippen LogP contribution in [-0.4, -0.2) is 6.04 Å². The summed E-state index contributed by atoms with van der Waals surface area (Å²) in [5.74, 6) is 0. The summed E-state index contributed by atoms with van der Waals surface area (Å²) in [5.41, 5.74) is 8.13. The largest absolute Gasteiger partial charge is 0.327 e. The number of unbranched alkanes of at least 4 members (excludes halogenated alkanes) is 13. The molecule has 0 saturated heterocycles. The monoisotopic (exact) mass is 387 g/mol. The lowest BCUT2D eigenvalue weighted by Gasteiger charge is -2.32. The first-order valence-electron chi connectivity index (χ1n) is 12.4. The molecule has 1 heteroatoms. The van der Waals surface area contributed by atoms with Crippen molar-refractivity contribution in [3.05, 3.63) is 35.9 Å². The number of nitrogens with two attached hydrogens (primary N) is 1. The molecule has 0 spiro atoms. The van der Waals surface area contributed by atoms with Gasteiger partial charge in [0.05, 0.1) is 0 Å². The zero-order valence-corrected chi connectivity index (χ0v) is 19.4. The molecule has 0 aliphatic heterocycles. The fourth-order valence-electron chi connectivity index (χ4n) is 4.10. The van der Waals surface area contributed by atoms with Crippen LogP contribution in [0.25, 0.3) is 0 Å². The Hall–Kier alpha value is -0.820. The van der Waals surface area contributed by atoms with E-state index in [0.29, 0.717) is 0 Å². The molecular formula is C27H49N. The first kappa shape index (κ1) is 25.2. The van der Waals surface area contributed by atoms with E-state index in [-0.39, 0.29) is 11.5 Å². The van der Waals surface area contributed by atoms with Crippen molar-refractivity contribution in [2.75, 3.05) is 0 Å². The van der Waals surface area contributed by atoms with Crippen LogP contribution in [-0.2, 0) is 6.42 Å². The molecule has 1 nitrogen and oxygen atoms in total. The Bertz CT molecular complexity index is 451. The van der Waals surface area contributed by atoms with E-state index in [2.05, 4.69) is 51.1 Å². The zero-order valence-electron chi connectivity index (χ0n) is 19.4. The molecule has 0 aliphatic carbocycles. The van der Waals surface area contributed by atoms with E-state index < -0.39 is 0 Å². The standard InChI is InChI=1S/C27H49N/c1-4-5-6-7-8-9-10-11-12-13-14-15-16-20-23-27(2,3)26(28)24-25-21-18-17-19-22-25/h17-19,21-22,26H,4-16,20,23-24,28H2,1-3H3. The molecule has 0 fully saturated rings. The second-order valence-electron chi connectivity index (χ2n) is 9.63. The molecule has 1 aromatic rings. The molecule has 1 atom stereocenters. The van der Waals surface area contributed by atoms with Gasteiger partial charge in [0, 0.05) is 6.04 Å². The second-order valence-corrected chi connectivity index (χ2v) is 9.63. The van der Waals surface area contributed by atoms with Gasteiger partial charge >= 0.3 is 0 Å². The average molecular weight is 388 g/mol. The van der Waals surface area contributed by atoms with Gasteiger partial charge in [0.2, 0.25) is 0 Å². The molecule has 1 unspecified atom stereocenters. The molecule has 0 amide bonds. The van der Waals surface area contributed by atoms with Gasteiger partial charge in [-0.05, 0) is 23.8 Å². The Morgan fingerprint density at radius 1 is 0.679 bits per heavy atom. The normalized spacial score (nSPS) is 13.0. The van der Waals surface area contributed by atoms with E-state index in [1.165, 1.54) is 102 Å². The molecule has 0 aliphatic rings. The SMILES string of the molecule is CCCCCCCCCCCCCCCCC(C)(C)C(N)Cc1ccccc1. The minimum absolute atomic E-state index is 0.229. The van der Waals surface area contributed by atoms with Crippen LogP contribution in [0.4, 0.5) is 0 Å². The summed E-state index contributed by atoms with van der Waals surface area (Å²) in [4.78, 5) is 0. The summed E-state index contributed by atoms with van der Waals surface area (Å²) in [6.45, 7) is 6.99. The van der Waals surface area contributed by atoms with Gasteiger partial charge in [0.25, 0.3) is 0 Å². The van der Waals surface area contributed by atoms with Crippen molar-refractivity contribution in [3.63, 3.8) is 0 Å². The lowest BCUT2D eigenvalue weighted by molar-refractivity contribution is 0.251. The predicted octanol–water partition coefficient (Wildman–Crippen LogP) is 8.45. The third-order valence-corrected chi connectivity index (χ3v) is 6.48. The predicted molar refractivity (Wildman–Crippen MR) is 127 cm³/mol. The van der Waals surface area contributed by atoms with Crippen LogP contribution < -0.4 is 5.73 Å². The van der Waals surface area contributed by atoms with Crippen molar-refractivity contribution in [3.8, 4) is 0 Å². The average Bonchev–Trinajstić information content (AvgIpc) is 2.69. The zero-order chi connectivity index (χ0) is 20.5. The van der Waals surface area contributed by atoms with Crippen LogP contribution in [0, 0.1) is 5.41 Å². The molecule has 0 heterocycles. The van der Waals surface area contributed by atoms with Gasteiger partial charge in [-0.15, -0.1) is 0 Å². The number of rotatable bonds is 18. The van der Waals surface area contributed by atoms with Crippen molar-refractivity contribution in [1.82, 2.24) is 0 Å². The summed E-state index contributed by atoms with van der Waals surface area (Å²) in [7, 11) is 0. The third kappa shape index (κ3) is 12.6. The Balaban J connectivity index is 1.94. The van der Waals surface area contributed by atoms with Gasteiger partial charge in [-0.3, -0.25) is 0 Å². The van der Waals surface area contributed by atoms with Crippen molar-refractivity contribution in [2.24, 2.45) is 11.1 Å². The maximum atomic E-state index is 6.54. The lowest BCUT2D eigenvalue weighted by Crippen LogP contribution is -2.39. The van der Waals surface area contributed by atoms with Gasteiger partial charge in [-0.25, -0.2) is 0 Å². The van der Waals surface area contributed by atoms with E-state index in [4.69, 9.17) is 5.73 Å². The summed E-state index contributed by atoms with van der Waals surface area (Å²) in [6.07, 6.45) is 22.2. The second kappa shape index (κ2) is 16.0. The number of benzene rings is 1. The van der Waals surface area contributed by atoms with Gasteiger partial charge in [0.15, 0.2) is 0 Å². The van der Waals surface area contributed by atoms with Gasteiger partial charge < -0.3 is 5.73 Å². The molecule has 0 saturated carbocycles. The molecule has 28 heavy (non-hydrogen) atoms. The van der Waals surface area contributed by atoms with E-state index in [1.54, 1.807) is 0 Å². The third-order valence-electron chi connectivity index (χ3n) is 6.48. The highest BCUT2D eigenvalue weighted by atomic mass is 14.7. The van der Waals surface area contributed by atoms with E-state index in [1.807, 2.05) is 0 Å². The van der Waals surface area contributed by atoms with Crippen LogP contribution >= 0.6 is 0 Å². The van der Waals surface area contributed by atoms with Crippen molar-refractivity contribution < 1.29 is 0 Å². The Morgan fingerprint density at radius 3 is 1.57 bits per heavy atom. The fourth-order valence-corrected chi connectivity index (χ4v) is 4.10. The summed E-state index contributed by atoms with van der Waals surface area (Å²) in [6, 6.07) is 10.9. The van der Waals surface area contributed by atoms with Crippen LogP contribution in [0.5, 0.6) is 0 Å². The topological polar surface area (TPSA) is 26.0 Å². The molecule has 2 N–H and O–H groups in total. The van der Waals surface area contributed by atoms with Crippen molar-refractivity contribution in [2.45, 2.75) is 130 Å². The number of hydrogen-bond acceptors (Lipinski definition) is 1. The van der Waals surface area contributed by atoms with E-state index in [9.17, 15) is 0 Å². The molecule has 1 rings (SSSR count). The molecule has 1 aromatic carbocycles. The maximum absolute atomic E-state index is 6.54.